The Bertz CT molecular complexity index is 450. The fourth-order valence-electron chi connectivity index (χ4n) is 2.42. The summed E-state index contributed by atoms with van der Waals surface area (Å²) in [5.41, 5.74) is 8.90. The van der Waals surface area contributed by atoms with E-state index in [1.165, 1.54) is 25.0 Å². The van der Waals surface area contributed by atoms with Crippen LogP contribution < -0.4 is 5.73 Å². The lowest BCUT2D eigenvalue weighted by atomic mass is 10.2. The maximum Gasteiger partial charge on any atom is 0.122 e. The summed E-state index contributed by atoms with van der Waals surface area (Å²) in [6.07, 6.45) is 3.93. The Morgan fingerprint density at radius 1 is 1.47 bits per heavy atom. The summed E-state index contributed by atoms with van der Waals surface area (Å²) >= 11 is 2.04. The Balaban J connectivity index is 2.23. The quantitative estimate of drug-likeness (QED) is 0.877. The van der Waals surface area contributed by atoms with E-state index in [-0.39, 0.29) is 0 Å². The zero-order valence-corrected chi connectivity index (χ0v) is 11.3. The molecule has 1 aliphatic rings. The molecule has 0 aliphatic carbocycles. The summed E-state index contributed by atoms with van der Waals surface area (Å²) in [7, 11) is 0. The summed E-state index contributed by atoms with van der Waals surface area (Å²) < 4.78 is 2.12. The van der Waals surface area contributed by atoms with Crippen molar-refractivity contribution in [2.24, 2.45) is 0 Å². The molecule has 1 aromatic rings. The number of hydrogen-bond donors (Lipinski definition) is 1. The Morgan fingerprint density at radius 3 is 2.76 bits per heavy atom. The molecule has 0 radical (unpaired) electrons. The molecule has 1 unspecified atom stereocenters. The number of nitriles is 1. The number of rotatable bonds is 2. The van der Waals surface area contributed by atoms with E-state index < -0.39 is 0 Å². The number of anilines is 1. The van der Waals surface area contributed by atoms with Gasteiger partial charge in [-0.05, 0) is 38.0 Å². The van der Waals surface area contributed by atoms with E-state index in [1.54, 1.807) is 0 Å². The van der Waals surface area contributed by atoms with Crippen molar-refractivity contribution in [3.8, 4) is 6.07 Å². The SMILES string of the molecule is Cc1c(C#N)c(N)n(CC2CCCCS2)c1C. The Morgan fingerprint density at radius 2 is 2.24 bits per heavy atom. The molecule has 2 rings (SSSR count). The van der Waals surface area contributed by atoms with Crippen molar-refractivity contribution < 1.29 is 0 Å². The fraction of sp³-hybridized carbons (Fsp3) is 0.615. The molecule has 1 atom stereocenters. The molecular formula is C13H19N3S. The average Bonchev–Trinajstić information content (AvgIpc) is 2.55. The van der Waals surface area contributed by atoms with Gasteiger partial charge < -0.3 is 10.3 Å². The standard InChI is InChI=1S/C13H19N3S/c1-9-10(2)16(13(15)12(9)7-14)8-11-5-3-4-6-17-11/h11H,3-6,8,15H2,1-2H3. The first kappa shape index (κ1) is 12.4. The molecule has 3 nitrogen and oxygen atoms in total. The van der Waals surface area contributed by atoms with Crippen LogP contribution in [0.1, 0.15) is 36.1 Å². The predicted molar refractivity (Wildman–Crippen MR) is 73.1 cm³/mol. The van der Waals surface area contributed by atoms with Crippen LogP contribution in [0.15, 0.2) is 0 Å². The Hall–Kier alpha value is -1.08. The Kier molecular flexibility index (Phi) is 3.68. The first-order valence-corrected chi connectivity index (χ1v) is 7.17. The van der Waals surface area contributed by atoms with E-state index in [2.05, 4.69) is 17.6 Å². The molecule has 2 heterocycles. The zero-order chi connectivity index (χ0) is 12.4. The normalized spacial score (nSPS) is 20.2. The molecule has 1 saturated heterocycles. The highest BCUT2D eigenvalue weighted by Gasteiger charge is 2.20. The van der Waals surface area contributed by atoms with Crippen LogP contribution in [0.4, 0.5) is 5.82 Å². The molecule has 17 heavy (non-hydrogen) atoms. The summed E-state index contributed by atoms with van der Waals surface area (Å²) in [4.78, 5) is 0. The Labute approximate surface area is 107 Å². The molecular weight excluding hydrogens is 230 g/mol. The van der Waals surface area contributed by atoms with Gasteiger partial charge in [0.2, 0.25) is 0 Å². The molecule has 1 aliphatic heterocycles. The third-order valence-corrected chi connectivity index (χ3v) is 5.02. The van der Waals surface area contributed by atoms with Gasteiger partial charge in [0.15, 0.2) is 0 Å². The first-order chi connectivity index (χ1) is 8.15. The van der Waals surface area contributed by atoms with Crippen molar-refractivity contribution in [1.82, 2.24) is 4.57 Å². The van der Waals surface area contributed by atoms with Gasteiger partial charge >= 0.3 is 0 Å². The average molecular weight is 249 g/mol. The van der Waals surface area contributed by atoms with Gasteiger partial charge in [0.25, 0.3) is 0 Å². The third kappa shape index (κ3) is 2.30. The maximum absolute atomic E-state index is 9.09. The summed E-state index contributed by atoms with van der Waals surface area (Å²) in [5, 5.41) is 9.75. The number of nitrogens with two attached hydrogens (primary N) is 1. The van der Waals surface area contributed by atoms with E-state index in [0.29, 0.717) is 16.6 Å². The number of aromatic nitrogens is 1. The second-order valence-corrected chi connectivity index (χ2v) is 6.09. The third-order valence-electron chi connectivity index (χ3n) is 3.64. The highest BCUT2D eigenvalue weighted by molar-refractivity contribution is 7.99. The van der Waals surface area contributed by atoms with Gasteiger partial charge in [0.1, 0.15) is 11.9 Å². The van der Waals surface area contributed by atoms with E-state index in [4.69, 9.17) is 11.0 Å². The van der Waals surface area contributed by atoms with Crippen LogP contribution in [-0.4, -0.2) is 15.6 Å². The van der Waals surface area contributed by atoms with Gasteiger partial charge in [-0.2, -0.15) is 17.0 Å². The van der Waals surface area contributed by atoms with Crippen LogP contribution in [-0.2, 0) is 6.54 Å². The van der Waals surface area contributed by atoms with Crippen molar-refractivity contribution in [2.45, 2.75) is 44.9 Å². The molecule has 4 heteroatoms. The molecule has 0 spiro atoms. The minimum Gasteiger partial charge on any atom is -0.384 e. The van der Waals surface area contributed by atoms with E-state index in [9.17, 15) is 0 Å². The van der Waals surface area contributed by atoms with Crippen LogP contribution in [0.2, 0.25) is 0 Å². The molecule has 0 saturated carbocycles. The van der Waals surface area contributed by atoms with Gasteiger partial charge in [-0.25, -0.2) is 0 Å². The predicted octanol–water partition coefficient (Wildman–Crippen LogP) is 2.84. The van der Waals surface area contributed by atoms with Gasteiger partial charge in [0, 0.05) is 17.5 Å². The molecule has 2 N–H and O–H groups in total. The molecule has 1 fully saturated rings. The van der Waals surface area contributed by atoms with Crippen molar-refractivity contribution >= 4 is 17.6 Å². The van der Waals surface area contributed by atoms with Gasteiger partial charge in [-0.1, -0.05) is 6.42 Å². The highest BCUT2D eigenvalue weighted by Crippen LogP contribution is 2.30. The van der Waals surface area contributed by atoms with Crippen LogP contribution in [0, 0.1) is 25.2 Å². The summed E-state index contributed by atoms with van der Waals surface area (Å²) in [6.45, 7) is 4.99. The van der Waals surface area contributed by atoms with Gasteiger partial charge in [0.05, 0.1) is 5.56 Å². The second-order valence-electron chi connectivity index (χ2n) is 4.68. The van der Waals surface area contributed by atoms with Crippen LogP contribution >= 0.6 is 11.8 Å². The van der Waals surface area contributed by atoms with Crippen LogP contribution in [0.3, 0.4) is 0 Å². The number of nitrogens with zero attached hydrogens (tertiary/aromatic N) is 2. The lowest BCUT2D eigenvalue weighted by Crippen LogP contribution is -2.19. The summed E-state index contributed by atoms with van der Waals surface area (Å²) in [5.74, 6) is 1.91. The van der Waals surface area contributed by atoms with Gasteiger partial charge in [-0.3, -0.25) is 0 Å². The maximum atomic E-state index is 9.09. The fourth-order valence-corrected chi connectivity index (χ4v) is 3.71. The molecule has 92 valence electrons. The van der Waals surface area contributed by atoms with E-state index >= 15 is 0 Å². The molecule has 0 bridgehead atoms. The number of thioether (sulfide) groups is 1. The van der Waals surface area contributed by atoms with Crippen molar-refractivity contribution in [3.05, 3.63) is 16.8 Å². The van der Waals surface area contributed by atoms with E-state index in [0.717, 1.165) is 17.8 Å². The lowest BCUT2D eigenvalue weighted by molar-refractivity contribution is 0.581. The molecule has 1 aromatic heterocycles. The molecule has 0 aromatic carbocycles. The van der Waals surface area contributed by atoms with Crippen molar-refractivity contribution in [3.63, 3.8) is 0 Å². The number of hydrogen-bond acceptors (Lipinski definition) is 3. The largest absolute Gasteiger partial charge is 0.384 e. The smallest absolute Gasteiger partial charge is 0.122 e. The lowest BCUT2D eigenvalue weighted by Gasteiger charge is -2.23. The summed E-state index contributed by atoms with van der Waals surface area (Å²) in [6, 6.07) is 2.21. The highest BCUT2D eigenvalue weighted by atomic mass is 32.2. The number of nitrogen functional groups attached to an aromatic ring is 1. The van der Waals surface area contributed by atoms with E-state index in [1.807, 2.05) is 18.7 Å². The van der Waals surface area contributed by atoms with Gasteiger partial charge in [-0.15, -0.1) is 0 Å². The minimum atomic E-state index is 0.647. The monoisotopic (exact) mass is 249 g/mol. The van der Waals surface area contributed by atoms with Crippen LogP contribution in [0.25, 0.3) is 0 Å². The zero-order valence-electron chi connectivity index (χ0n) is 10.5. The minimum absolute atomic E-state index is 0.647. The van der Waals surface area contributed by atoms with Crippen LogP contribution in [0.5, 0.6) is 0 Å². The second kappa shape index (κ2) is 5.05. The topological polar surface area (TPSA) is 54.7 Å². The first-order valence-electron chi connectivity index (χ1n) is 6.12. The van der Waals surface area contributed by atoms with Crippen molar-refractivity contribution in [2.75, 3.05) is 11.5 Å². The molecule has 0 amide bonds. The van der Waals surface area contributed by atoms with Crippen molar-refractivity contribution in [1.29, 1.82) is 5.26 Å².